The van der Waals surface area contributed by atoms with Gasteiger partial charge in [0.05, 0.1) is 0 Å². The number of allylic oxidation sites excluding steroid dienone is 22. The average Bonchev–Trinajstić information content (AvgIpc) is 3.33. The quantitative estimate of drug-likeness (QED) is 0.0262. The highest BCUT2D eigenvalue weighted by Gasteiger charge is 2.19. The maximum Gasteiger partial charge on any atom is 0.306 e. The molecule has 0 amide bonds. The number of hydrogen-bond donors (Lipinski definition) is 0. The van der Waals surface area contributed by atoms with Crippen LogP contribution in [0.15, 0.2) is 134 Å². The van der Waals surface area contributed by atoms with Gasteiger partial charge < -0.3 is 14.2 Å². The molecule has 376 valence electrons. The summed E-state index contributed by atoms with van der Waals surface area (Å²) in [5.41, 5.74) is 0. The molecule has 0 aromatic rings. The Hall–Kier alpha value is -4.45. The first-order valence-electron chi connectivity index (χ1n) is 26.7. The number of carbonyl (C=O) groups is 3. The van der Waals surface area contributed by atoms with Gasteiger partial charge in [-0.15, -0.1) is 0 Å². The first-order chi connectivity index (χ1) is 33.0. The molecule has 0 aromatic carbocycles. The summed E-state index contributed by atoms with van der Waals surface area (Å²) in [6.45, 7) is 6.29. The van der Waals surface area contributed by atoms with Crippen LogP contribution in [-0.4, -0.2) is 37.2 Å². The van der Waals surface area contributed by atoms with Crippen LogP contribution in [0, 0.1) is 0 Å². The molecule has 0 aromatic heterocycles. The molecule has 0 aliphatic heterocycles. The predicted octanol–water partition coefficient (Wildman–Crippen LogP) is 17.9. The van der Waals surface area contributed by atoms with Gasteiger partial charge in [-0.05, 0) is 135 Å². The van der Waals surface area contributed by atoms with E-state index in [1.54, 1.807) is 0 Å². The van der Waals surface area contributed by atoms with Gasteiger partial charge in [0, 0.05) is 19.3 Å². The second kappa shape index (κ2) is 54.2. The van der Waals surface area contributed by atoms with Crippen molar-refractivity contribution >= 4 is 17.9 Å². The minimum atomic E-state index is -0.822. The molecule has 1 atom stereocenters. The second-order valence-electron chi connectivity index (χ2n) is 17.0. The fourth-order valence-corrected chi connectivity index (χ4v) is 6.66. The number of rotatable bonds is 46. The van der Waals surface area contributed by atoms with E-state index in [1.165, 1.54) is 25.7 Å². The lowest BCUT2D eigenvalue weighted by Gasteiger charge is -2.18. The minimum absolute atomic E-state index is 0.119. The third kappa shape index (κ3) is 52.4. The molecule has 6 nitrogen and oxygen atoms in total. The van der Waals surface area contributed by atoms with Crippen molar-refractivity contribution in [1.82, 2.24) is 0 Å². The zero-order valence-corrected chi connectivity index (χ0v) is 42.9. The van der Waals surface area contributed by atoms with Gasteiger partial charge in [-0.2, -0.15) is 0 Å². The topological polar surface area (TPSA) is 78.9 Å². The van der Waals surface area contributed by atoms with Crippen LogP contribution >= 0.6 is 0 Å². The molecule has 0 saturated carbocycles. The zero-order chi connectivity index (χ0) is 48.6. The molecule has 0 saturated heterocycles. The van der Waals surface area contributed by atoms with Crippen LogP contribution in [0.4, 0.5) is 0 Å². The summed E-state index contributed by atoms with van der Waals surface area (Å²) >= 11 is 0. The molecule has 0 spiro atoms. The number of unbranched alkanes of at least 4 members (excludes halogenated alkanes) is 13. The summed E-state index contributed by atoms with van der Waals surface area (Å²) in [4.78, 5) is 38.0. The summed E-state index contributed by atoms with van der Waals surface area (Å²) in [5.74, 6) is -1.01. The zero-order valence-electron chi connectivity index (χ0n) is 42.9. The Morgan fingerprint density at radius 2 is 0.582 bits per heavy atom. The number of esters is 3. The Labute approximate surface area is 411 Å². The SMILES string of the molecule is CC/C=C\C/C=C\C/C=C\C/C=C\C/C=C\CCCCCC(=O)OC[C@H](COC(=O)CCCC/C=C\C/C=C\C/C=C\CCCCC)OC(=O)CCCCCCC/C=C\C/C=C\C/C=C\CC. The van der Waals surface area contributed by atoms with E-state index in [1.807, 2.05) is 0 Å². The lowest BCUT2D eigenvalue weighted by Crippen LogP contribution is -2.30. The molecular formula is C61H96O6. The summed E-state index contributed by atoms with van der Waals surface area (Å²) in [6.07, 6.45) is 75.8. The van der Waals surface area contributed by atoms with Gasteiger partial charge in [-0.1, -0.05) is 193 Å². The summed E-state index contributed by atoms with van der Waals surface area (Å²) in [5, 5.41) is 0. The largest absolute Gasteiger partial charge is 0.462 e. The first kappa shape index (κ1) is 62.5. The fourth-order valence-electron chi connectivity index (χ4n) is 6.66. The molecule has 0 unspecified atom stereocenters. The third-order valence-corrected chi connectivity index (χ3v) is 10.6. The van der Waals surface area contributed by atoms with E-state index < -0.39 is 6.10 Å². The monoisotopic (exact) mass is 925 g/mol. The van der Waals surface area contributed by atoms with E-state index in [4.69, 9.17) is 14.2 Å². The normalized spacial score (nSPS) is 13.2. The Morgan fingerprint density at radius 3 is 0.955 bits per heavy atom. The Kier molecular flexibility index (Phi) is 50.6. The highest BCUT2D eigenvalue weighted by Crippen LogP contribution is 2.12. The first-order valence-corrected chi connectivity index (χ1v) is 26.7. The van der Waals surface area contributed by atoms with Crippen molar-refractivity contribution in [2.24, 2.45) is 0 Å². The van der Waals surface area contributed by atoms with Gasteiger partial charge >= 0.3 is 17.9 Å². The summed E-state index contributed by atoms with van der Waals surface area (Å²) in [7, 11) is 0. The maximum atomic E-state index is 12.8. The van der Waals surface area contributed by atoms with Gasteiger partial charge in [0.2, 0.25) is 0 Å². The Morgan fingerprint density at radius 1 is 0.313 bits per heavy atom. The van der Waals surface area contributed by atoms with Gasteiger partial charge in [-0.25, -0.2) is 0 Å². The lowest BCUT2D eigenvalue weighted by molar-refractivity contribution is -0.167. The molecule has 0 rings (SSSR count). The van der Waals surface area contributed by atoms with Gasteiger partial charge in [0.1, 0.15) is 13.2 Å². The number of hydrogen-bond acceptors (Lipinski definition) is 6. The van der Waals surface area contributed by atoms with E-state index in [-0.39, 0.29) is 37.5 Å². The summed E-state index contributed by atoms with van der Waals surface area (Å²) in [6, 6.07) is 0. The van der Waals surface area contributed by atoms with Crippen LogP contribution < -0.4 is 0 Å². The predicted molar refractivity (Wildman–Crippen MR) is 288 cm³/mol. The molecule has 0 radical (unpaired) electrons. The maximum absolute atomic E-state index is 12.8. The van der Waals surface area contributed by atoms with E-state index >= 15 is 0 Å². The smallest absolute Gasteiger partial charge is 0.306 e. The van der Waals surface area contributed by atoms with Crippen molar-refractivity contribution in [2.45, 2.75) is 219 Å². The number of ether oxygens (including phenoxy) is 3. The second-order valence-corrected chi connectivity index (χ2v) is 17.0. The van der Waals surface area contributed by atoms with Crippen molar-refractivity contribution in [3.05, 3.63) is 134 Å². The van der Waals surface area contributed by atoms with Crippen molar-refractivity contribution < 1.29 is 28.6 Å². The molecule has 0 heterocycles. The van der Waals surface area contributed by atoms with Crippen molar-refractivity contribution in [3.63, 3.8) is 0 Å². The van der Waals surface area contributed by atoms with E-state index in [0.717, 1.165) is 141 Å². The third-order valence-electron chi connectivity index (χ3n) is 10.6. The molecule has 0 aliphatic rings. The van der Waals surface area contributed by atoms with Crippen molar-refractivity contribution in [2.75, 3.05) is 13.2 Å². The van der Waals surface area contributed by atoms with Crippen LogP contribution in [0.5, 0.6) is 0 Å². The molecule has 6 heteroatoms. The van der Waals surface area contributed by atoms with Crippen LogP contribution in [-0.2, 0) is 28.6 Å². The highest BCUT2D eigenvalue weighted by molar-refractivity contribution is 5.71. The Bertz CT molecular complexity index is 1480. The molecule has 0 fully saturated rings. The van der Waals surface area contributed by atoms with Gasteiger partial charge in [0.25, 0.3) is 0 Å². The molecular weight excluding hydrogens is 829 g/mol. The van der Waals surface area contributed by atoms with E-state index in [9.17, 15) is 14.4 Å². The lowest BCUT2D eigenvalue weighted by atomic mass is 10.1. The van der Waals surface area contributed by atoms with Crippen LogP contribution in [0.1, 0.15) is 213 Å². The molecule has 0 bridgehead atoms. The summed E-state index contributed by atoms with van der Waals surface area (Å²) < 4.78 is 16.7. The molecule has 0 N–H and O–H groups in total. The Balaban J connectivity index is 4.56. The van der Waals surface area contributed by atoms with Crippen LogP contribution in [0.3, 0.4) is 0 Å². The standard InChI is InChI=1S/C61H96O6/c1-4-7-10-13-16-19-22-25-28-29-30-31-34-36-39-42-45-48-51-54-60(63)66-57-58(67-61(64)55-52-49-46-43-40-37-33-27-24-21-18-15-12-9-6-3)56-65-59(62)53-50-47-44-41-38-35-32-26-23-20-17-14-11-8-5-2/h7,9-10,12,16-21,25-28,30-33,36,38-39,41,58H,4-6,8,11,13-15,22-24,29,34-35,37,40,42-57H2,1-3H3/b10-7-,12-9-,19-16-,20-17-,21-18-,28-25-,31-30-,32-26-,33-27-,39-36-,41-38-/t58-/m0/s1. The fraction of sp³-hybridized carbons (Fsp3) is 0.590. The number of carbonyl (C=O) groups excluding carboxylic acids is 3. The highest BCUT2D eigenvalue weighted by atomic mass is 16.6. The molecule has 0 aliphatic carbocycles. The van der Waals surface area contributed by atoms with E-state index in [0.29, 0.717) is 19.3 Å². The van der Waals surface area contributed by atoms with Gasteiger partial charge in [0.15, 0.2) is 6.10 Å². The average molecular weight is 925 g/mol. The minimum Gasteiger partial charge on any atom is -0.462 e. The van der Waals surface area contributed by atoms with Crippen molar-refractivity contribution in [3.8, 4) is 0 Å². The van der Waals surface area contributed by atoms with Crippen molar-refractivity contribution in [1.29, 1.82) is 0 Å². The van der Waals surface area contributed by atoms with Crippen LogP contribution in [0.25, 0.3) is 0 Å². The molecule has 67 heavy (non-hydrogen) atoms. The van der Waals surface area contributed by atoms with Gasteiger partial charge in [-0.3, -0.25) is 14.4 Å². The van der Waals surface area contributed by atoms with E-state index in [2.05, 4.69) is 154 Å². The van der Waals surface area contributed by atoms with Crippen LogP contribution in [0.2, 0.25) is 0 Å².